The molecule has 0 radical (unpaired) electrons. The second-order valence-electron chi connectivity index (χ2n) is 2.65. The molecule has 70 valence electrons. The van der Waals surface area contributed by atoms with Gasteiger partial charge >= 0.3 is 0 Å². The highest BCUT2D eigenvalue weighted by Gasteiger charge is 2.11. The van der Waals surface area contributed by atoms with Gasteiger partial charge in [-0.25, -0.2) is 0 Å². The van der Waals surface area contributed by atoms with E-state index in [1.807, 2.05) is 0 Å². The summed E-state index contributed by atoms with van der Waals surface area (Å²) in [5, 5.41) is 9.93. The average Bonchev–Trinajstić information content (AvgIpc) is 2.18. The zero-order valence-corrected chi connectivity index (χ0v) is 7.95. The summed E-state index contributed by atoms with van der Waals surface area (Å²) in [7, 11) is 0. The molecule has 0 fully saturated rings. The largest absolute Gasteiger partial charge is 0.309 e. The van der Waals surface area contributed by atoms with Crippen molar-refractivity contribution in [1.82, 2.24) is 10.2 Å². The summed E-state index contributed by atoms with van der Waals surface area (Å²) in [5.41, 5.74) is 0. The molecule has 5 heteroatoms. The predicted molar refractivity (Wildman–Crippen MR) is 50.5 cm³/mol. The number of carbonyl (C=O) groups excluding carboxylic acids is 1. The normalized spacial score (nSPS) is 12.2. The molecule has 0 aromatic carbocycles. The zero-order chi connectivity index (χ0) is 9.68. The van der Waals surface area contributed by atoms with Crippen LogP contribution in [0.5, 0.6) is 0 Å². The Balaban J connectivity index is 2.55. The number of alkyl halides is 1. The third-order valence-corrected chi connectivity index (χ3v) is 1.97. The fraction of sp³-hybridized carbons (Fsp3) is 0.375. The van der Waals surface area contributed by atoms with E-state index < -0.39 is 0 Å². The molecule has 0 bridgehead atoms. The van der Waals surface area contributed by atoms with Crippen LogP contribution in [-0.2, 0) is 4.79 Å². The van der Waals surface area contributed by atoms with Gasteiger partial charge in [0.2, 0.25) is 5.91 Å². The van der Waals surface area contributed by atoms with E-state index in [1.54, 1.807) is 25.3 Å². The van der Waals surface area contributed by atoms with Crippen molar-refractivity contribution in [3.8, 4) is 0 Å². The molecule has 1 aromatic heterocycles. The highest BCUT2D eigenvalue weighted by atomic mass is 35.5. The first-order valence-electron chi connectivity index (χ1n) is 3.88. The van der Waals surface area contributed by atoms with E-state index in [0.29, 0.717) is 11.7 Å². The van der Waals surface area contributed by atoms with Crippen LogP contribution in [0.3, 0.4) is 0 Å². The Hall–Kier alpha value is -1.16. The van der Waals surface area contributed by atoms with E-state index in [2.05, 4.69) is 15.5 Å². The van der Waals surface area contributed by atoms with Crippen LogP contribution in [0.25, 0.3) is 0 Å². The number of rotatable bonds is 3. The summed E-state index contributed by atoms with van der Waals surface area (Å²) < 4.78 is 0. The summed E-state index contributed by atoms with van der Waals surface area (Å²) in [6.07, 6.45) is 1.54. The van der Waals surface area contributed by atoms with E-state index in [9.17, 15) is 4.79 Å². The monoisotopic (exact) mass is 199 g/mol. The molecule has 1 heterocycles. The molecule has 1 amide bonds. The van der Waals surface area contributed by atoms with Crippen molar-refractivity contribution in [3.63, 3.8) is 0 Å². The number of hydrogen-bond donors (Lipinski definition) is 1. The number of nitrogens with zero attached hydrogens (tertiary/aromatic N) is 2. The van der Waals surface area contributed by atoms with Crippen molar-refractivity contribution in [2.24, 2.45) is 5.92 Å². The van der Waals surface area contributed by atoms with Crippen LogP contribution in [0, 0.1) is 5.92 Å². The molecule has 4 nitrogen and oxygen atoms in total. The van der Waals surface area contributed by atoms with Gasteiger partial charge in [-0.2, -0.15) is 5.10 Å². The maximum Gasteiger partial charge on any atom is 0.229 e. The van der Waals surface area contributed by atoms with E-state index in [-0.39, 0.29) is 11.8 Å². The molecule has 1 unspecified atom stereocenters. The molecule has 1 N–H and O–H groups in total. The van der Waals surface area contributed by atoms with Crippen LogP contribution in [0.2, 0.25) is 0 Å². The molecule has 1 atom stereocenters. The van der Waals surface area contributed by atoms with E-state index in [4.69, 9.17) is 11.6 Å². The zero-order valence-electron chi connectivity index (χ0n) is 7.20. The minimum atomic E-state index is -0.219. The van der Waals surface area contributed by atoms with Gasteiger partial charge in [-0.15, -0.1) is 16.7 Å². The molecular formula is C8H10ClN3O. The van der Waals surface area contributed by atoms with Gasteiger partial charge in [-0.1, -0.05) is 6.92 Å². The first kappa shape index (κ1) is 9.92. The van der Waals surface area contributed by atoms with Crippen molar-refractivity contribution in [2.45, 2.75) is 6.92 Å². The third-order valence-electron chi connectivity index (χ3n) is 1.50. The number of aromatic nitrogens is 2. The molecule has 0 aliphatic heterocycles. The van der Waals surface area contributed by atoms with Crippen molar-refractivity contribution < 1.29 is 4.79 Å². The van der Waals surface area contributed by atoms with Gasteiger partial charge in [-0.05, 0) is 12.1 Å². The lowest BCUT2D eigenvalue weighted by molar-refractivity contribution is -0.118. The maximum atomic E-state index is 11.3. The van der Waals surface area contributed by atoms with Gasteiger partial charge in [0, 0.05) is 18.0 Å². The maximum absolute atomic E-state index is 11.3. The smallest absolute Gasteiger partial charge is 0.229 e. The van der Waals surface area contributed by atoms with Gasteiger partial charge in [0.15, 0.2) is 5.82 Å². The molecule has 0 spiro atoms. The molecule has 1 aromatic rings. The molecule has 1 rings (SSSR count). The topological polar surface area (TPSA) is 54.9 Å². The lowest BCUT2D eigenvalue weighted by Crippen LogP contribution is -2.22. The van der Waals surface area contributed by atoms with Crippen LogP contribution in [0.1, 0.15) is 6.92 Å². The summed E-state index contributed by atoms with van der Waals surface area (Å²) in [4.78, 5) is 11.3. The van der Waals surface area contributed by atoms with Gasteiger partial charge in [0.05, 0.1) is 0 Å². The number of carbonyl (C=O) groups is 1. The van der Waals surface area contributed by atoms with Gasteiger partial charge in [-0.3, -0.25) is 4.79 Å². The minimum absolute atomic E-state index is 0.143. The molecule has 0 saturated carbocycles. The Kier molecular flexibility index (Phi) is 3.64. The third kappa shape index (κ3) is 2.99. The first-order chi connectivity index (χ1) is 6.24. The fourth-order valence-corrected chi connectivity index (χ4v) is 0.828. The van der Waals surface area contributed by atoms with Gasteiger partial charge in [0.1, 0.15) is 0 Å². The highest BCUT2D eigenvalue weighted by Crippen LogP contribution is 2.04. The average molecular weight is 200 g/mol. The molecule has 0 saturated heterocycles. The molecular weight excluding hydrogens is 190 g/mol. The number of hydrogen-bond acceptors (Lipinski definition) is 3. The van der Waals surface area contributed by atoms with E-state index in [1.165, 1.54) is 0 Å². The highest BCUT2D eigenvalue weighted by molar-refractivity contribution is 6.19. The van der Waals surface area contributed by atoms with Gasteiger partial charge in [0.25, 0.3) is 0 Å². The van der Waals surface area contributed by atoms with Crippen LogP contribution < -0.4 is 5.32 Å². The fourth-order valence-electron chi connectivity index (χ4n) is 0.688. The SMILES string of the molecule is CC(CCl)C(=O)Nc1cccnn1. The van der Waals surface area contributed by atoms with Crippen molar-refractivity contribution in [3.05, 3.63) is 18.3 Å². The molecule has 0 aliphatic carbocycles. The standard InChI is InChI=1S/C8H10ClN3O/c1-6(5-9)8(13)11-7-3-2-4-10-12-7/h2-4,6H,5H2,1H3,(H,11,12,13). The number of halogens is 1. The van der Waals surface area contributed by atoms with E-state index >= 15 is 0 Å². The Bertz CT molecular complexity index is 278. The lowest BCUT2D eigenvalue weighted by atomic mass is 10.2. The quantitative estimate of drug-likeness (QED) is 0.747. The Labute approximate surface area is 81.3 Å². The lowest BCUT2D eigenvalue weighted by Gasteiger charge is -2.06. The van der Waals surface area contributed by atoms with Gasteiger partial charge < -0.3 is 5.32 Å². The van der Waals surface area contributed by atoms with Crippen LogP contribution in [-0.4, -0.2) is 22.0 Å². The van der Waals surface area contributed by atoms with Crippen LogP contribution >= 0.6 is 11.6 Å². The second kappa shape index (κ2) is 4.77. The van der Waals surface area contributed by atoms with Crippen molar-refractivity contribution in [1.29, 1.82) is 0 Å². The first-order valence-corrected chi connectivity index (χ1v) is 4.42. The van der Waals surface area contributed by atoms with Crippen molar-refractivity contribution >= 4 is 23.3 Å². The number of nitrogens with one attached hydrogen (secondary N) is 1. The van der Waals surface area contributed by atoms with Crippen molar-refractivity contribution in [2.75, 3.05) is 11.2 Å². The van der Waals surface area contributed by atoms with E-state index in [0.717, 1.165) is 0 Å². The Morgan fingerprint density at radius 1 is 1.77 bits per heavy atom. The number of anilines is 1. The number of amides is 1. The molecule has 13 heavy (non-hydrogen) atoms. The second-order valence-corrected chi connectivity index (χ2v) is 2.96. The molecule has 0 aliphatic rings. The van der Waals surface area contributed by atoms with Crippen LogP contribution in [0.15, 0.2) is 18.3 Å². The summed E-state index contributed by atoms with van der Waals surface area (Å²) in [6.45, 7) is 1.75. The predicted octanol–water partition coefficient (Wildman–Crippen LogP) is 1.29. The summed E-state index contributed by atoms with van der Waals surface area (Å²) in [5.74, 6) is 0.384. The minimum Gasteiger partial charge on any atom is -0.309 e. The Morgan fingerprint density at radius 3 is 3.08 bits per heavy atom. The van der Waals surface area contributed by atoms with Crippen LogP contribution in [0.4, 0.5) is 5.82 Å². The summed E-state index contributed by atoms with van der Waals surface area (Å²) >= 11 is 5.52. The Morgan fingerprint density at radius 2 is 2.54 bits per heavy atom. The summed E-state index contributed by atoms with van der Waals surface area (Å²) in [6, 6.07) is 3.37.